The van der Waals surface area contributed by atoms with E-state index >= 15 is 0 Å². The van der Waals surface area contributed by atoms with Crippen molar-refractivity contribution in [3.8, 4) is 5.75 Å². The molecule has 1 amide bonds. The van der Waals surface area contributed by atoms with Gasteiger partial charge in [-0.2, -0.15) is 0 Å². The molecule has 24 heavy (non-hydrogen) atoms. The number of carbonyl (C=O) groups excluding carboxylic acids is 1. The van der Waals surface area contributed by atoms with Crippen LogP contribution in [0.25, 0.3) is 0 Å². The van der Waals surface area contributed by atoms with Crippen molar-refractivity contribution in [3.63, 3.8) is 0 Å². The third-order valence-electron chi connectivity index (χ3n) is 4.50. The van der Waals surface area contributed by atoms with E-state index in [4.69, 9.17) is 4.74 Å². The van der Waals surface area contributed by atoms with Gasteiger partial charge in [0.15, 0.2) is 0 Å². The van der Waals surface area contributed by atoms with E-state index in [1.165, 1.54) is 24.7 Å². The van der Waals surface area contributed by atoms with Gasteiger partial charge in [0, 0.05) is 26.7 Å². The standard InChI is InChI=1S/C17H19N3O4/c1-18-14(10-15(21)19(2)17(18)23)16(22)20-8-7-13(20)11-5-4-6-12(9-11)24-3/h4-6,9-10,13H,7-8H2,1-3H3. The van der Waals surface area contributed by atoms with Crippen molar-refractivity contribution in [2.75, 3.05) is 13.7 Å². The lowest BCUT2D eigenvalue weighted by molar-refractivity contribution is 0.0447. The Kier molecular flexibility index (Phi) is 4.01. The van der Waals surface area contributed by atoms with Gasteiger partial charge in [-0.3, -0.25) is 18.7 Å². The van der Waals surface area contributed by atoms with Crippen molar-refractivity contribution in [2.24, 2.45) is 14.1 Å². The molecule has 1 atom stereocenters. The summed E-state index contributed by atoms with van der Waals surface area (Å²) in [7, 11) is 4.48. The molecule has 7 heteroatoms. The maximum Gasteiger partial charge on any atom is 0.331 e. The first-order valence-corrected chi connectivity index (χ1v) is 7.66. The van der Waals surface area contributed by atoms with Crippen molar-refractivity contribution >= 4 is 5.91 Å². The second-order valence-electron chi connectivity index (χ2n) is 5.85. The van der Waals surface area contributed by atoms with Crippen molar-refractivity contribution in [3.05, 3.63) is 62.4 Å². The normalized spacial score (nSPS) is 16.6. The van der Waals surface area contributed by atoms with Gasteiger partial charge in [0.25, 0.3) is 11.5 Å². The highest BCUT2D eigenvalue weighted by Gasteiger charge is 2.35. The number of nitrogens with zero attached hydrogens (tertiary/aromatic N) is 3. The molecule has 0 N–H and O–H groups in total. The lowest BCUT2D eigenvalue weighted by Crippen LogP contribution is -2.48. The number of amides is 1. The van der Waals surface area contributed by atoms with Gasteiger partial charge in [-0.15, -0.1) is 0 Å². The molecule has 1 aromatic carbocycles. The van der Waals surface area contributed by atoms with Gasteiger partial charge >= 0.3 is 5.69 Å². The Balaban J connectivity index is 1.94. The smallest absolute Gasteiger partial charge is 0.331 e. The van der Waals surface area contributed by atoms with E-state index in [1.54, 1.807) is 12.0 Å². The minimum Gasteiger partial charge on any atom is -0.497 e. The van der Waals surface area contributed by atoms with Crippen LogP contribution in [0.1, 0.15) is 28.5 Å². The van der Waals surface area contributed by atoms with E-state index in [1.807, 2.05) is 24.3 Å². The monoisotopic (exact) mass is 329 g/mol. The summed E-state index contributed by atoms with van der Waals surface area (Å²) in [5.41, 5.74) is 0.0858. The number of hydrogen-bond donors (Lipinski definition) is 0. The molecule has 0 bridgehead atoms. The highest BCUT2D eigenvalue weighted by atomic mass is 16.5. The van der Waals surface area contributed by atoms with Crippen molar-refractivity contribution in [1.29, 1.82) is 0 Å². The average molecular weight is 329 g/mol. The number of rotatable bonds is 3. The minimum atomic E-state index is -0.510. The second-order valence-corrected chi connectivity index (χ2v) is 5.85. The Morgan fingerprint density at radius 1 is 1.17 bits per heavy atom. The molecule has 1 aromatic heterocycles. The van der Waals surface area contributed by atoms with E-state index < -0.39 is 11.2 Å². The molecule has 1 fully saturated rings. The Morgan fingerprint density at radius 2 is 1.92 bits per heavy atom. The van der Waals surface area contributed by atoms with Crippen LogP contribution in [0, 0.1) is 0 Å². The van der Waals surface area contributed by atoms with Gasteiger partial charge < -0.3 is 9.64 Å². The number of carbonyl (C=O) groups is 1. The fourth-order valence-electron chi connectivity index (χ4n) is 2.91. The number of benzene rings is 1. The van der Waals surface area contributed by atoms with Crippen LogP contribution in [0.4, 0.5) is 0 Å². The highest BCUT2D eigenvalue weighted by Crippen LogP contribution is 2.35. The first kappa shape index (κ1) is 16.0. The summed E-state index contributed by atoms with van der Waals surface area (Å²) in [4.78, 5) is 38.3. The predicted octanol–water partition coefficient (Wildman–Crippen LogP) is 0.680. The summed E-state index contributed by atoms with van der Waals surface area (Å²) in [6.45, 7) is 0.587. The number of ether oxygens (including phenoxy) is 1. The summed E-state index contributed by atoms with van der Waals surface area (Å²) in [5.74, 6) is 0.416. The molecule has 126 valence electrons. The molecule has 2 heterocycles. The molecule has 0 aliphatic carbocycles. The average Bonchev–Trinajstić information content (AvgIpc) is 2.55. The number of aromatic nitrogens is 2. The quantitative estimate of drug-likeness (QED) is 0.830. The molecule has 7 nitrogen and oxygen atoms in total. The third-order valence-corrected chi connectivity index (χ3v) is 4.50. The molecule has 1 aliphatic rings. The fraction of sp³-hybridized carbons (Fsp3) is 0.353. The van der Waals surface area contributed by atoms with Gasteiger partial charge in [0.1, 0.15) is 11.4 Å². The predicted molar refractivity (Wildman–Crippen MR) is 88.3 cm³/mol. The van der Waals surface area contributed by atoms with Crippen LogP contribution >= 0.6 is 0 Å². The van der Waals surface area contributed by atoms with E-state index in [2.05, 4.69) is 0 Å². The summed E-state index contributed by atoms with van der Waals surface area (Å²) >= 11 is 0. The molecule has 0 saturated carbocycles. The Bertz CT molecular complexity index is 913. The molecule has 0 radical (unpaired) electrons. The second kappa shape index (κ2) is 5.99. The number of methoxy groups -OCH3 is 1. The highest BCUT2D eigenvalue weighted by molar-refractivity contribution is 5.93. The minimum absolute atomic E-state index is 0.0771. The van der Waals surface area contributed by atoms with Crippen LogP contribution in [-0.2, 0) is 14.1 Å². The van der Waals surface area contributed by atoms with Gasteiger partial charge in [0.2, 0.25) is 0 Å². The lowest BCUT2D eigenvalue weighted by Gasteiger charge is -2.41. The topological polar surface area (TPSA) is 73.5 Å². The summed E-state index contributed by atoms with van der Waals surface area (Å²) in [6.07, 6.45) is 0.831. The zero-order chi connectivity index (χ0) is 17.4. The molecule has 1 unspecified atom stereocenters. The first-order valence-electron chi connectivity index (χ1n) is 7.66. The van der Waals surface area contributed by atoms with Crippen LogP contribution < -0.4 is 16.0 Å². The zero-order valence-corrected chi connectivity index (χ0v) is 13.9. The van der Waals surface area contributed by atoms with Gasteiger partial charge in [-0.05, 0) is 24.1 Å². The molecular formula is C17H19N3O4. The fourth-order valence-corrected chi connectivity index (χ4v) is 2.91. The maximum atomic E-state index is 12.8. The molecule has 3 rings (SSSR count). The molecule has 1 saturated heterocycles. The number of likely N-dealkylation sites (tertiary alicyclic amines) is 1. The van der Waals surface area contributed by atoms with Crippen LogP contribution in [0.3, 0.4) is 0 Å². The SMILES string of the molecule is COc1cccc(C2CCN2C(=O)c2cc(=O)n(C)c(=O)n2C)c1. The summed E-state index contributed by atoms with van der Waals surface area (Å²) in [5, 5.41) is 0. The van der Waals surface area contributed by atoms with Gasteiger partial charge in [0.05, 0.1) is 13.2 Å². The summed E-state index contributed by atoms with van der Waals surface area (Å²) in [6, 6.07) is 8.70. The van der Waals surface area contributed by atoms with Gasteiger partial charge in [-0.25, -0.2) is 4.79 Å². The Labute approximate surface area is 138 Å². The Morgan fingerprint density at radius 3 is 2.54 bits per heavy atom. The van der Waals surface area contributed by atoms with Crippen molar-refractivity contribution in [1.82, 2.24) is 14.0 Å². The molecule has 2 aromatic rings. The van der Waals surface area contributed by atoms with E-state index in [0.29, 0.717) is 6.54 Å². The van der Waals surface area contributed by atoms with E-state index in [-0.39, 0.29) is 17.6 Å². The van der Waals surface area contributed by atoms with Crippen LogP contribution in [-0.4, -0.2) is 33.6 Å². The number of hydrogen-bond acceptors (Lipinski definition) is 4. The maximum absolute atomic E-state index is 12.8. The molecular weight excluding hydrogens is 310 g/mol. The molecule has 0 spiro atoms. The van der Waals surface area contributed by atoms with E-state index in [0.717, 1.165) is 22.3 Å². The lowest BCUT2D eigenvalue weighted by atomic mass is 9.94. The van der Waals surface area contributed by atoms with Crippen LogP contribution in [0.2, 0.25) is 0 Å². The largest absolute Gasteiger partial charge is 0.497 e. The van der Waals surface area contributed by atoms with Crippen molar-refractivity contribution in [2.45, 2.75) is 12.5 Å². The Hall–Kier alpha value is -2.83. The third kappa shape index (κ3) is 2.51. The van der Waals surface area contributed by atoms with Gasteiger partial charge in [-0.1, -0.05) is 12.1 Å². The van der Waals surface area contributed by atoms with Crippen LogP contribution in [0.5, 0.6) is 5.75 Å². The summed E-state index contributed by atoms with van der Waals surface area (Å²) < 4.78 is 7.42. The van der Waals surface area contributed by atoms with Crippen LogP contribution in [0.15, 0.2) is 39.9 Å². The first-order chi connectivity index (χ1) is 11.4. The molecule has 1 aliphatic heterocycles. The van der Waals surface area contributed by atoms with Crippen molar-refractivity contribution < 1.29 is 9.53 Å². The van der Waals surface area contributed by atoms with E-state index in [9.17, 15) is 14.4 Å². The zero-order valence-electron chi connectivity index (χ0n) is 13.9.